The van der Waals surface area contributed by atoms with Gasteiger partial charge in [-0.2, -0.15) is 0 Å². The van der Waals surface area contributed by atoms with Gasteiger partial charge in [-0.25, -0.2) is 0 Å². The van der Waals surface area contributed by atoms with Crippen molar-refractivity contribution in [3.05, 3.63) is 35.0 Å². The average molecular weight is 250 g/mol. The lowest BCUT2D eigenvalue weighted by molar-refractivity contribution is -0.118. The van der Waals surface area contributed by atoms with E-state index in [1.165, 1.54) is 5.56 Å². The predicted molar refractivity (Wildman–Crippen MR) is 71.6 cm³/mol. The highest BCUT2D eigenvalue weighted by molar-refractivity contribution is 6.31. The van der Waals surface area contributed by atoms with Gasteiger partial charge in [0.15, 0.2) is 0 Å². The largest absolute Gasteiger partial charge is 0.361 e. The van der Waals surface area contributed by atoms with Crippen molar-refractivity contribution in [3.8, 4) is 0 Å². The molecule has 0 spiro atoms. The quantitative estimate of drug-likeness (QED) is 0.874. The van der Waals surface area contributed by atoms with Crippen LogP contribution in [0.3, 0.4) is 0 Å². The summed E-state index contributed by atoms with van der Waals surface area (Å²) in [7, 11) is 0. The Bertz CT molecular complexity index is 569. The van der Waals surface area contributed by atoms with Gasteiger partial charge in [-0.15, -0.1) is 0 Å². The molecule has 0 radical (unpaired) electrons. The van der Waals surface area contributed by atoms with Gasteiger partial charge in [0.05, 0.1) is 0 Å². The van der Waals surface area contributed by atoms with Gasteiger partial charge >= 0.3 is 0 Å². The first-order valence-electron chi connectivity index (χ1n) is 5.67. The third kappa shape index (κ3) is 2.37. The molecule has 2 rings (SSSR count). The van der Waals surface area contributed by atoms with E-state index in [-0.39, 0.29) is 11.2 Å². The summed E-state index contributed by atoms with van der Waals surface area (Å²) in [6.07, 6.45) is 2.52. The van der Waals surface area contributed by atoms with E-state index in [1.54, 1.807) is 6.92 Å². The number of halogens is 1. The van der Waals surface area contributed by atoms with Gasteiger partial charge in [-0.05, 0) is 30.0 Å². The lowest BCUT2D eigenvalue weighted by atomic mass is 9.80. The second kappa shape index (κ2) is 4.19. The maximum absolute atomic E-state index is 11.3. The van der Waals surface area contributed by atoms with Crippen LogP contribution in [-0.2, 0) is 10.2 Å². The van der Waals surface area contributed by atoms with Crippen LogP contribution in [0.2, 0.25) is 5.02 Å². The number of carbonyl (C=O) groups excluding carboxylic acids is 1. The number of aromatic nitrogens is 1. The molecule has 1 heterocycles. The summed E-state index contributed by atoms with van der Waals surface area (Å²) in [4.78, 5) is 14.5. The molecular formula is C14H16ClNO. The summed E-state index contributed by atoms with van der Waals surface area (Å²) in [5, 5.41) is 1.86. The lowest BCUT2D eigenvalue weighted by Crippen LogP contribution is -2.20. The Morgan fingerprint density at radius 1 is 1.41 bits per heavy atom. The lowest BCUT2D eigenvalue weighted by Gasteiger charge is -2.22. The molecular weight excluding hydrogens is 234 g/mol. The summed E-state index contributed by atoms with van der Waals surface area (Å²) in [5.41, 5.74) is 2.03. The highest BCUT2D eigenvalue weighted by Gasteiger charge is 2.25. The van der Waals surface area contributed by atoms with Gasteiger partial charge in [-0.1, -0.05) is 31.5 Å². The molecule has 0 saturated carbocycles. The molecule has 0 saturated heterocycles. The molecule has 0 aliphatic carbocycles. The second-order valence-electron chi connectivity index (χ2n) is 5.15. The zero-order valence-corrected chi connectivity index (χ0v) is 11.1. The minimum Gasteiger partial charge on any atom is -0.361 e. The van der Waals surface area contributed by atoms with Crippen LogP contribution >= 0.6 is 11.6 Å². The first kappa shape index (κ1) is 12.2. The van der Waals surface area contributed by atoms with Crippen LogP contribution in [0.5, 0.6) is 0 Å². The summed E-state index contributed by atoms with van der Waals surface area (Å²) in [5.74, 6) is 0.207. The van der Waals surface area contributed by atoms with Crippen molar-refractivity contribution in [3.63, 3.8) is 0 Å². The molecule has 2 nitrogen and oxygen atoms in total. The Kier molecular flexibility index (Phi) is 3.00. The number of hydrogen-bond acceptors (Lipinski definition) is 1. The number of benzene rings is 1. The molecule has 0 atom stereocenters. The molecule has 0 bridgehead atoms. The fraction of sp³-hybridized carbons (Fsp3) is 0.357. The van der Waals surface area contributed by atoms with E-state index in [0.29, 0.717) is 6.42 Å². The van der Waals surface area contributed by atoms with E-state index >= 15 is 0 Å². The maximum Gasteiger partial charge on any atom is 0.130 e. The monoisotopic (exact) mass is 249 g/mol. The zero-order chi connectivity index (χ0) is 12.6. The van der Waals surface area contributed by atoms with Crippen LogP contribution in [0.1, 0.15) is 32.8 Å². The molecule has 90 valence electrons. The minimum atomic E-state index is -0.155. The minimum absolute atomic E-state index is 0.155. The molecule has 1 aromatic carbocycles. The van der Waals surface area contributed by atoms with Crippen molar-refractivity contribution >= 4 is 28.3 Å². The van der Waals surface area contributed by atoms with Crippen molar-refractivity contribution in [2.45, 2.75) is 32.6 Å². The summed E-state index contributed by atoms with van der Waals surface area (Å²) in [6, 6.07) is 5.79. The fourth-order valence-corrected chi connectivity index (χ4v) is 2.55. The van der Waals surface area contributed by atoms with Gasteiger partial charge in [0, 0.05) is 28.5 Å². The summed E-state index contributed by atoms with van der Waals surface area (Å²) >= 11 is 5.95. The van der Waals surface area contributed by atoms with Crippen molar-refractivity contribution in [1.82, 2.24) is 4.98 Å². The van der Waals surface area contributed by atoms with Gasteiger partial charge in [-0.3, -0.25) is 4.79 Å². The van der Waals surface area contributed by atoms with Crippen LogP contribution in [0.4, 0.5) is 0 Å². The summed E-state index contributed by atoms with van der Waals surface area (Å²) < 4.78 is 0. The Balaban J connectivity index is 2.52. The number of aromatic amines is 1. The zero-order valence-electron chi connectivity index (χ0n) is 10.3. The van der Waals surface area contributed by atoms with Crippen molar-refractivity contribution in [1.29, 1.82) is 0 Å². The van der Waals surface area contributed by atoms with Gasteiger partial charge in [0.25, 0.3) is 0 Å². The first-order chi connectivity index (χ1) is 7.90. The van der Waals surface area contributed by atoms with Gasteiger partial charge in [0.1, 0.15) is 5.78 Å². The molecule has 0 aliphatic heterocycles. The number of fused-ring (bicyclic) bond motifs is 1. The third-order valence-corrected chi connectivity index (χ3v) is 3.30. The number of rotatable bonds is 3. The number of carbonyl (C=O) groups is 1. The molecule has 3 heteroatoms. The number of Topliss-reactive ketones (excluding diaryl/α,β-unsaturated/α-hetero) is 1. The van der Waals surface area contributed by atoms with Gasteiger partial charge in [0.2, 0.25) is 0 Å². The van der Waals surface area contributed by atoms with Crippen LogP contribution in [0, 0.1) is 0 Å². The summed E-state index contributed by atoms with van der Waals surface area (Å²) in [6.45, 7) is 5.81. The molecule has 0 fully saturated rings. The normalized spacial score (nSPS) is 12.0. The molecule has 17 heavy (non-hydrogen) atoms. The molecule has 1 N–H and O–H groups in total. The fourth-order valence-electron chi connectivity index (χ4n) is 2.38. The van der Waals surface area contributed by atoms with Crippen molar-refractivity contribution < 1.29 is 4.79 Å². The maximum atomic E-state index is 11.3. The van der Waals surface area contributed by atoms with Crippen LogP contribution in [-0.4, -0.2) is 10.8 Å². The van der Waals surface area contributed by atoms with E-state index in [4.69, 9.17) is 11.6 Å². The van der Waals surface area contributed by atoms with E-state index in [2.05, 4.69) is 18.8 Å². The SMILES string of the molecule is CC(=O)CC(C)(C)c1c[nH]c2cc(Cl)ccc12. The van der Waals surface area contributed by atoms with Crippen LogP contribution < -0.4 is 0 Å². The highest BCUT2D eigenvalue weighted by Crippen LogP contribution is 2.34. The second-order valence-corrected chi connectivity index (χ2v) is 5.59. The Hall–Kier alpha value is -1.28. The molecule has 2 aromatic rings. The van der Waals surface area contributed by atoms with E-state index in [9.17, 15) is 4.79 Å². The van der Waals surface area contributed by atoms with Crippen LogP contribution in [0.15, 0.2) is 24.4 Å². The van der Waals surface area contributed by atoms with Gasteiger partial charge < -0.3 is 4.98 Å². The Morgan fingerprint density at radius 2 is 2.12 bits per heavy atom. The standard InChI is InChI=1S/C14H16ClNO/c1-9(17)7-14(2,3)12-8-16-13-6-10(15)4-5-11(12)13/h4-6,8,16H,7H2,1-3H3. The Morgan fingerprint density at radius 3 is 2.76 bits per heavy atom. The molecule has 1 aromatic heterocycles. The van der Waals surface area contributed by atoms with Crippen molar-refractivity contribution in [2.24, 2.45) is 0 Å². The Labute approximate surface area is 106 Å². The topological polar surface area (TPSA) is 32.9 Å². The third-order valence-electron chi connectivity index (χ3n) is 3.06. The smallest absolute Gasteiger partial charge is 0.130 e. The average Bonchev–Trinajstić information content (AvgIpc) is 2.58. The molecule has 0 amide bonds. The van der Waals surface area contributed by atoms with E-state index in [1.807, 2.05) is 24.4 Å². The highest BCUT2D eigenvalue weighted by atomic mass is 35.5. The van der Waals surface area contributed by atoms with E-state index < -0.39 is 0 Å². The first-order valence-corrected chi connectivity index (χ1v) is 6.04. The number of H-pyrrole nitrogens is 1. The van der Waals surface area contributed by atoms with Crippen molar-refractivity contribution in [2.75, 3.05) is 0 Å². The number of hydrogen-bond donors (Lipinski definition) is 1. The van der Waals surface area contributed by atoms with E-state index in [0.717, 1.165) is 15.9 Å². The van der Waals surface area contributed by atoms with Crippen LogP contribution in [0.25, 0.3) is 10.9 Å². The molecule has 0 aliphatic rings. The number of ketones is 1. The number of nitrogens with one attached hydrogen (secondary N) is 1. The predicted octanol–water partition coefficient (Wildman–Crippen LogP) is 4.08. The molecule has 0 unspecified atom stereocenters.